The van der Waals surface area contributed by atoms with E-state index in [1.807, 2.05) is 32.0 Å². The number of halogens is 1. The molecule has 0 unspecified atom stereocenters. The van der Waals surface area contributed by atoms with Crippen molar-refractivity contribution in [2.45, 2.75) is 20.5 Å². The van der Waals surface area contributed by atoms with Crippen LogP contribution in [0, 0.1) is 19.7 Å². The zero-order valence-electron chi connectivity index (χ0n) is 11.9. The molecule has 2 rings (SSSR count). The van der Waals surface area contributed by atoms with E-state index in [9.17, 15) is 4.39 Å². The quantitative estimate of drug-likeness (QED) is 0.393. The highest BCUT2D eigenvalue weighted by atomic mass is 19.1. The van der Waals surface area contributed by atoms with Crippen LogP contribution in [0.15, 0.2) is 41.6 Å². The molecule has 0 aromatic heterocycles. The molecule has 5 heteroatoms. The molecule has 21 heavy (non-hydrogen) atoms. The van der Waals surface area contributed by atoms with E-state index in [0.29, 0.717) is 11.3 Å². The maximum atomic E-state index is 14.2. The zero-order chi connectivity index (χ0) is 15.4. The molecule has 0 spiro atoms. The second kappa shape index (κ2) is 6.26. The fraction of sp³-hybridized carbons (Fsp3) is 0.188. The van der Waals surface area contributed by atoms with Crippen molar-refractivity contribution in [3.63, 3.8) is 0 Å². The molecule has 0 aliphatic heterocycles. The smallest absolute Gasteiger partial charge is 0.173 e. The number of ether oxygens (including phenoxy) is 1. The topological polar surface area (TPSA) is 67.8 Å². The number of rotatable bonds is 4. The van der Waals surface area contributed by atoms with Gasteiger partial charge in [0.05, 0.1) is 5.56 Å². The largest absolute Gasteiger partial charge is 0.489 e. The molecule has 4 nitrogen and oxygen atoms in total. The molecule has 2 aromatic rings. The molecule has 2 aromatic carbocycles. The van der Waals surface area contributed by atoms with Crippen LogP contribution in [0.1, 0.15) is 22.3 Å². The number of amidine groups is 1. The second-order valence-electron chi connectivity index (χ2n) is 4.88. The van der Waals surface area contributed by atoms with Gasteiger partial charge in [-0.3, -0.25) is 0 Å². The fourth-order valence-corrected chi connectivity index (χ4v) is 2.12. The lowest BCUT2D eigenvalue weighted by atomic mass is 10.1. The maximum absolute atomic E-state index is 14.2. The summed E-state index contributed by atoms with van der Waals surface area (Å²) in [4.78, 5) is 0. The van der Waals surface area contributed by atoms with Gasteiger partial charge in [-0.15, -0.1) is 0 Å². The summed E-state index contributed by atoms with van der Waals surface area (Å²) in [5.74, 6) is -0.126. The number of nitrogens with zero attached hydrogens (tertiary/aromatic N) is 1. The van der Waals surface area contributed by atoms with E-state index < -0.39 is 5.82 Å². The summed E-state index contributed by atoms with van der Waals surface area (Å²) in [6.07, 6.45) is 0. The highest BCUT2D eigenvalue weighted by molar-refractivity contribution is 5.97. The lowest BCUT2D eigenvalue weighted by molar-refractivity contribution is 0.299. The second-order valence-corrected chi connectivity index (χ2v) is 4.88. The molecule has 0 aliphatic rings. The summed E-state index contributed by atoms with van der Waals surface area (Å²) in [7, 11) is 0. The zero-order valence-corrected chi connectivity index (χ0v) is 11.9. The predicted molar refractivity (Wildman–Crippen MR) is 79.2 cm³/mol. The van der Waals surface area contributed by atoms with Crippen LogP contribution in [0.25, 0.3) is 0 Å². The van der Waals surface area contributed by atoms with Gasteiger partial charge in [0.25, 0.3) is 0 Å². The number of benzene rings is 2. The number of nitrogens with two attached hydrogens (primary N) is 1. The summed E-state index contributed by atoms with van der Waals surface area (Å²) in [6.45, 7) is 4.01. The Bertz CT molecular complexity index is 664. The Morgan fingerprint density at radius 3 is 2.52 bits per heavy atom. The summed E-state index contributed by atoms with van der Waals surface area (Å²) in [5.41, 5.74) is 7.99. The lowest BCUT2D eigenvalue weighted by Gasteiger charge is -2.10. The van der Waals surface area contributed by atoms with Crippen LogP contribution in [0.3, 0.4) is 0 Å². The highest BCUT2D eigenvalue weighted by Gasteiger charge is 2.12. The van der Waals surface area contributed by atoms with Crippen molar-refractivity contribution in [2.24, 2.45) is 10.9 Å². The molecule has 0 radical (unpaired) electrons. The van der Waals surface area contributed by atoms with E-state index in [1.54, 1.807) is 12.1 Å². The molecular weight excluding hydrogens is 271 g/mol. The van der Waals surface area contributed by atoms with Crippen LogP contribution in [0.5, 0.6) is 5.75 Å². The van der Waals surface area contributed by atoms with Crippen molar-refractivity contribution in [3.8, 4) is 5.75 Å². The third-order valence-corrected chi connectivity index (χ3v) is 3.05. The maximum Gasteiger partial charge on any atom is 0.173 e. The van der Waals surface area contributed by atoms with E-state index in [1.165, 1.54) is 6.07 Å². The lowest BCUT2D eigenvalue weighted by Crippen LogP contribution is -2.16. The van der Waals surface area contributed by atoms with Gasteiger partial charge >= 0.3 is 0 Å². The van der Waals surface area contributed by atoms with Gasteiger partial charge in [-0.05, 0) is 43.2 Å². The van der Waals surface area contributed by atoms with Crippen molar-refractivity contribution in [1.29, 1.82) is 0 Å². The molecule has 0 amide bonds. The minimum Gasteiger partial charge on any atom is -0.489 e. The Morgan fingerprint density at radius 1 is 1.24 bits per heavy atom. The van der Waals surface area contributed by atoms with Crippen molar-refractivity contribution < 1.29 is 14.3 Å². The summed E-state index contributed by atoms with van der Waals surface area (Å²) >= 11 is 0. The van der Waals surface area contributed by atoms with Crippen LogP contribution < -0.4 is 10.5 Å². The van der Waals surface area contributed by atoms with E-state index in [4.69, 9.17) is 15.7 Å². The highest BCUT2D eigenvalue weighted by Crippen LogP contribution is 2.19. The Morgan fingerprint density at radius 2 is 1.90 bits per heavy atom. The summed E-state index contributed by atoms with van der Waals surface area (Å²) in [6, 6.07) is 10.5. The van der Waals surface area contributed by atoms with E-state index in [-0.39, 0.29) is 18.0 Å². The molecular formula is C16H17FN2O2. The van der Waals surface area contributed by atoms with Gasteiger partial charge < -0.3 is 15.7 Å². The Hall–Kier alpha value is -2.56. The number of oxime groups is 1. The van der Waals surface area contributed by atoms with Crippen LogP contribution in [0.4, 0.5) is 4.39 Å². The molecule has 0 saturated heterocycles. The van der Waals surface area contributed by atoms with Gasteiger partial charge in [0, 0.05) is 5.56 Å². The number of aryl methyl sites for hydroxylation is 2. The first-order chi connectivity index (χ1) is 10.0. The summed E-state index contributed by atoms with van der Waals surface area (Å²) < 4.78 is 19.8. The van der Waals surface area contributed by atoms with E-state index in [0.717, 1.165) is 11.1 Å². The molecule has 0 atom stereocenters. The number of hydrogen-bond acceptors (Lipinski definition) is 3. The van der Waals surface area contributed by atoms with Crippen molar-refractivity contribution >= 4 is 5.84 Å². The van der Waals surface area contributed by atoms with Crippen LogP contribution in [-0.2, 0) is 6.61 Å². The van der Waals surface area contributed by atoms with E-state index >= 15 is 0 Å². The normalized spacial score (nSPS) is 11.5. The monoisotopic (exact) mass is 288 g/mol. The average molecular weight is 288 g/mol. The van der Waals surface area contributed by atoms with Crippen molar-refractivity contribution in [1.82, 2.24) is 0 Å². The standard InChI is InChI=1S/C16H17FN2O2/c1-10-6-11(2)8-13(7-10)21-9-12-4-3-5-14(15(12)17)16(18)19-20/h3-8,20H,9H2,1-2H3,(H2,18,19). The fourth-order valence-electron chi connectivity index (χ4n) is 2.12. The first-order valence-corrected chi connectivity index (χ1v) is 6.47. The minimum atomic E-state index is -0.544. The van der Waals surface area contributed by atoms with Gasteiger partial charge in [-0.1, -0.05) is 23.4 Å². The summed E-state index contributed by atoms with van der Waals surface area (Å²) in [5, 5.41) is 11.5. The van der Waals surface area contributed by atoms with Crippen molar-refractivity contribution in [3.05, 3.63) is 64.5 Å². The average Bonchev–Trinajstić information content (AvgIpc) is 2.44. The molecule has 0 heterocycles. The molecule has 3 N–H and O–H groups in total. The Labute approximate surface area is 122 Å². The van der Waals surface area contributed by atoms with Gasteiger partial charge in [0.15, 0.2) is 5.84 Å². The molecule has 0 saturated carbocycles. The number of hydrogen-bond donors (Lipinski definition) is 2. The van der Waals surface area contributed by atoms with Gasteiger partial charge in [-0.25, -0.2) is 4.39 Å². The van der Waals surface area contributed by atoms with E-state index in [2.05, 4.69) is 5.16 Å². The minimum absolute atomic E-state index is 0.0547. The Balaban J connectivity index is 2.20. The van der Waals surface area contributed by atoms with Crippen LogP contribution in [-0.4, -0.2) is 11.0 Å². The first-order valence-electron chi connectivity index (χ1n) is 6.47. The SMILES string of the molecule is Cc1cc(C)cc(OCc2cccc(/C(N)=N/O)c2F)c1. The van der Waals surface area contributed by atoms with Crippen LogP contribution >= 0.6 is 0 Å². The third-order valence-electron chi connectivity index (χ3n) is 3.05. The van der Waals surface area contributed by atoms with Gasteiger partial charge in [0.1, 0.15) is 18.2 Å². The van der Waals surface area contributed by atoms with Crippen LogP contribution in [0.2, 0.25) is 0 Å². The molecule has 0 bridgehead atoms. The van der Waals surface area contributed by atoms with Crippen molar-refractivity contribution in [2.75, 3.05) is 0 Å². The molecule has 110 valence electrons. The van der Waals surface area contributed by atoms with Gasteiger partial charge in [-0.2, -0.15) is 0 Å². The molecule has 0 fully saturated rings. The Kier molecular flexibility index (Phi) is 4.42. The predicted octanol–water partition coefficient (Wildman–Crippen LogP) is 3.12. The third kappa shape index (κ3) is 3.51. The molecule has 0 aliphatic carbocycles. The van der Waals surface area contributed by atoms with Gasteiger partial charge in [0.2, 0.25) is 0 Å². The first kappa shape index (κ1) is 14.8.